The molecular weight excluding hydrogens is 256 g/mol. The minimum absolute atomic E-state index is 0.292. The Hall–Kier alpha value is -1.64. The van der Waals surface area contributed by atoms with E-state index in [9.17, 15) is 0 Å². The molecule has 1 heterocycles. The predicted octanol–water partition coefficient (Wildman–Crippen LogP) is 3.46. The van der Waals surface area contributed by atoms with Crippen LogP contribution < -0.4 is 5.32 Å². The Labute approximate surface area is 127 Å². The molecule has 1 aliphatic heterocycles. The minimum atomic E-state index is 0.292. The summed E-state index contributed by atoms with van der Waals surface area (Å²) in [6.07, 6.45) is 2.46. The van der Waals surface area contributed by atoms with Crippen LogP contribution in [0.2, 0.25) is 0 Å². The van der Waals surface area contributed by atoms with E-state index in [1.54, 1.807) is 0 Å². The van der Waals surface area contributed by atoms with Crippen molar-refractivity contribution in [3.05, 3.63) is 71.8 Å². The normalized spacial score (nSPS) is 17.2. The van der Waals surface area contributed by atoms with Gasteiger partial charge in [-0.1, -0.05) is 60.7 Å². The molecule has 1 N–H and O–H groups in total. The van der Waals surface area contributed by atoms with Crippen molar-refractivity contribution in [1.29, 1.82) is 0 Å². The first-order valence-electron chi connectivity index (χ1n) is 7.87. The van der Waals surface area contributed by atoms with Gasteiger partial charge in [0.1, 0.15) is 0 Å². The smallest absolute Gasteiger partial charge is 0.0578 e. The average Bonchev–Trinajstić information content (AvgIpc) is 2.56. The molecular formula is C19H24N2. The molecule has 0 aliphatic carbocycles. The average molecular weight is 280 g/mol. The first-order valence-corrected chi connectivity index (χ1v) is 7.87. The van der Waals surface area contributed by atoms with Gasteiger partial charge in [0.15, 0.2) is 0 Å². The van der Waals surface area contributed by atoms with Crippen molar-refractivity contribution in [2.24, 2.45) is 0 Å². The van der Waals surface area contributed by atoms with Crippen LogP contribution in [0.1, 0.15) is 30.0 Å². The number of likely N-dealkylation sites (tertiary alicyclic amines) is 1. The number of piperidine rings is 1. The van der Waals surface area contributed by atoms with Crippen LogP contribution >= 0.6 is 0 Å². The summed E-state index contributed by atoms with van der Waals surface area (Å²) in [5, 5.41) is 3.88. The van der Waals surface area contributed by atoms with Crippen LogP contribution in [0.15, 0.2) is 60.7 Å². The molecule has 2 nitrogen and oxygen atoms in total. The SMILES string of the molecule is CN1CCC(NC(c2ccccc2)c2ccccc2)CC1. The van der Waals surface area contributed by atoms with Crippen molar-refractivity contribution < 1.29 is 0 Å². The molecule has 21 heavy (non-hydrogen) atoms. The van der Waals surface area contributed by atoms with Gasteiger partial charge in [-0.15, -0.1) is 0 Å². The molecule has 0 unspecified atom stereocenters. The zero-order valence-corrected chi connectivity index (χ0v) is 12.7. The number of benzene rings is 2. The molecule has 2 heteroatoms. The molecule has 0 atom stereocenters. The first kappa shape index (κ1) is 14.3. The van der Waals surface area contributed by atoms with E-state index in [2.05, 4.69) is 77.9 Å². The molecule has 1 fully saturated rings. The van der Waals surface area contributed by atoms with Crippen molar-refractivity contribution in [2.75, 3.05) is 20.1 Å². The molecule has 2 aromatic rings. The highest BCUT2D eigenvalue weighted by molar-refractivity contribution is 5.31. The summed E-state index contributed by atoms with van der Waals surface area (Å²) in [5.74, 6) is 0. The molecule has 0 radical (unpaired) electrons. The molecule has 3 rings (SSSR count). The molecule has 0 bridgehead atoms. The second kappa shape index (κ2) is 6.88. The van der Waals surface area contributed by atoms with Crippen LogP contribution in [-0.4, -0.2) is 31.1 Å². The Morgan fingerprint density at radius 3 is 1.81 bits per heavy atom. The lowest BCUT2D eigenvalue weighted by molar-refractivity contribution is 0.229. The maximum absolute atomic E-state index is 3.88. The van der Waals surface area contributed by atoms with Crippen molar-refractivity contribution >= 4 is 0 Å². The Kier molecular flexibility index (Phi) is 4.69. The molecule has 2 aromatic carbocycles. The van der Waals surface area contributed by atoms with E-state index in [0.29, 0.717) is 12.1 Å². The summed E-state index contributed by atoms with van der Waals surface area (Å²) in [4.78, 5) is 2.41. The van der Waals surface area contributed by atoms with Gasteiger partial charge in [-0.3, -0.25) is 0 Å². The lowest BCUT2D eigenvalue weighted by Gasteiger charge is -2.33. The van der Waals surface area contributed by atoms with Gasteiger partial charge in [-0.25, -0.2) is 0 Å². The number of hydrogen-bond donors (Lipinski definition) is 1. The van der Waals surface area contributed by atoms with E-state index in [1.165, 1.54) is 37.1 Å². The zero-order valence-electron chi connectivity index (χ0n) is 12.7. The van der Waals surface area contributed by atoms with Crippen LogP contribution in [0.3, 0.4) is 0 Å². The largest absolute Gasteiger partial charge is 0.306 e. The zero-order chi connectivity index (χ0) is 14.5. The van der Waals surface area contributed by atoms with Gasteiger partial charge >= 0.3 is 0 Å². The quantitative estimate of drug-likeness (QED) is 0.922. The molecule has 110 valence electrons. The predicted molar refractivity (Wildman–Crippen MR) is 88.4 cm³/mol. The van der Waals surface area contributed by atoms with Gasteiger partial charge < -0.3 is 10.2 Å². The number of nitrogens with one attached hydrogen (secondary N) is 1. The lowest BCUT2D eigenvalue weighted by Crippen LogP contribution is -2.42. The van der Waals surface area contributed by atoms with Crippen LogP contribution in [0.25, 0.3) is 0 Å². The van der Waals surface area contributed by atoms with Crippen LogP contribution in [0.5, 0.6) is 0 Å². The van der Waals surface area contributed by atoms with Crippen LogP contribution in [0, 0.1) is 0 Å². The van der Waals surface area contributed by atoms with E-state index >= 15 is 0 Å². The Balaban J connectivity index is 1.80. The highest BCUT2D eigenvalue weighted by Crippen LogP contribution is 2.24. The van der Waals surface area contributed by atoms with E-state index in [4.69, 9.17) is 0 Å². The third-order valence-electron chi connectivity index (χ3n) is 4.39. The molecule has 0 amide bonds. The molecule has 0 spiro atoms. The van der Waals surface area contributed by atoms with E-state index in [1.807, 2.05) is 0 Å². The molecule has 1 aliphatic rings. The van der Waals surface area contributed by atoms with Crippen molar-refractivity contribution in [3.63, 3.8) is 0 Å². The summed E-state index contributed by atoms with van der Waals surface area (Å²) in [6.45, 7) is 2.38. The van der Waals surface area contributed by atoms with Gasteiger partial charge in [0.2, 0.25) is 0 Å². The number of rotatable bonds is 4. The van der Waals surface area contributed by atoms with Crippen LogP contribution in [0.4, 0.5) is 0 Å². The third-order valence-corrected chi connectivity index (χ3v) is 4.39. The maximum atomic E-state index is 3.88. The second-order valence-electron chi connectivity index (χ2n) is 6.00. The summed E-state index contributed by atoms with van der Waals surface area (Å²) >= 11 is 0. The first-order chi connectivity index (χ1) is 10.3. The van der Waals surface area contributed by atoms with Crippen LogP contribution in [-0.2, 0) is 0 Å². The lowest BCUT2D eigenvalue weighted by atomic mass is 9.96. The van der Waals surface area contributed by atoms with Gasteiger partial charge in [0.25, 0.3) is 0 Å². The standard InChI is InChI=1S/C19H24N2/c1-21-14-12-18(13-15-21)20-19(16-8-4-2-5-9-16)17-10-6-3-7-11-17/h2-11,18-20H,12-15H2,1H3. The summed E-state index contributed by atoms with van der Waals surface area (Å²) < 4.78 is 0. The summed E-state index contributed by atoms with van der Waals surface area (Å²) in [5.41, 5.74) is 2.70. The Morgan fingerprint density at radius 1 is 0.857 bits per heavy atom. The van der Waals surface area contributed by atoms with Gasteiger partial charge in [-0.05, 0) is 44.1 Å². The minimum Gasteiger partial charge on any atom is -0.306 e. The topological polar surface area (TPSA) is 15.3 Å². The monoisotopic (exact) mass is 280 g/mol. The second-order valence-corrected chi connectivity index (χ2v) is 6.00. The van der Waals surface area contributed by atoms with Gasteiger partial charge in [-0.2, -0.15) is 0 Å². The Morgan fingerprint density at radius 2 is 1.33 bits per heavy atom. The van der Waals surface area contributed by atoms with Gasteiger partial charge in [0, 0.05) is 6.04 Å². The number of nitrogens with zero attached hydrogens (tertiary/aromatic N) is 1. The maximum Gasteiger partial charge on any atom is 0.0578 e. The Bertz CT molecular complexity index is 491. The summed E-state index contributed by atoms with van der Waals surface area (Å²) in [6, 6.07) is 22.5. The fourth-order valence-electron chi connectivity index (χ4n) is 3.09. The molecule has 0 saturated carbocycles. The summed E-state index contributed by atoms with van der Waals surface area (Å²) in [7, 11) is 2.21. The molecule has 1 saturated heterocycles. The van der Waals surface area contributed by atoms with E-state index in [-0.39, 0.29) is 0 Å². The van der Waals surface area contributed by atoms with Crippen molar-refractivity contribution in [1.82, 2.24) is 10.2 Å². The highest BCUT2D eigenvalue weighted by atomic mass is 15.1. The van der Waals surface area contributed by atoms with E-state index < -0.39 is 0 Å². The van der Waals surface area contributed by atoms with Gasteiger partial charge in [0.05, 0.1) is 6.04 Å². The highest BCUT2D eigenvalue weighted by Gasteiger charge is 2.21. The number of hydrogen-bond acceptors (Lipinski definition) is 2. The third kappa shape index (κ3) is 3.72. The van der Waals surface area contributed by atoms with E-state index in [0.717, 1.165) is 0 Å². The molecule has 0 aromatic heterocycles. The van der Waals surface area contributed by atoms with Crippen molar-refractivity contribution in [3.8, 4) is 0 Å². The van der Waals surface area contributed by atoms with Crippen molar-refractivity contribution in [2.45, 2.75) is 24.9 Å². The fraction of sp³-hybridized carbons (Fsp3) is 0.368. The fourth-order valence-corrected chi connectivity index (χ4v) is 3.09.